The Morgan fingerprint density at radius 1 is 0.783 bits per heavy atom. The first-order valence-corrected chi connectivity index (χ1v) is 7.44. The molecule has 0 aliphatic rings. The van der Waals surface area contributed by atoms with Crippen molar-refractivity contribution in [1.82, 2.24) is 0 Å². The van der Waals surface area contributed by atoms with Gasteiger partial charge < -0.3 is 10.4 Å². The minimum atomic E-state index is -0.788. The van der Waals surface area contributed by atoms with Gasteiger partial charge in [0.2, 0.25) is 0 Å². The number of carbonyl (C=O) groups excluding carboxylic acids is 1. The molecule has 2 N–H and O–H groups in total. The molecule has 3 aromatic carbocycles. The van der Waals surface area contributed by atoms with E-state index in [1.807, 2.05) is 66.7 Å². The van der Waals surface area contributed by atoms with Crippen molar-refractivity contribution in [3.8, 4) is 0 Å². The first-order valence-electron chi connectivity index (χ1n) is 7.44. The van der Waals surface area contributed by atoms with Gasteiger partial charge in [-0.2, -0.15) is 0 Å². The quantitative estimate of drug-likeness (QED) is 0.765. The standard InChI is InChI=1S/C20H17NO2/c22-19(15-9-3-1-4-10-15)17-13-7-8-14-18(17)21-20(23)16-11-5-2-6-12-16/h1-14,19,22H,(H,21,23). The Balaban J connectivity index is 1.88. The lowest BCUT2D eigenvalue weighted by atomic mass is 10.00. The summed E-state index contributed by atoms with van der Waals surface area (Å²) >= 11 is 0. The van der Waals surface area contributed by atoms with Crippen LogP contribution in [0.5, 0.6) is 0 Å². The molecule has 0 aliphatic heterocycles. The molecule has 0 fully saturated rings. The Hall–Kier alpha value is -2.91. The summed E-state index contributed by atoms with van der Waals surface area (Å²) < 4.78 is 0. The molecule has 3 aromatic rings. The number of aliphatic hydroxyl groups excluding tert-OH is 1. The van der Waals surface area contributed by atoms with E-state index in [9.17, 15) is 9.90 Å². The maximum atomic E-state index is 12.3. The normalized spacial score (nSPS) is 11.7. The number of hydrogen-bond donors (Lipinski definition) is 2. The molecular weight excluding hydrogens is 286 g/mol. The van der Waals surface area contributed by atoms with Crippen LogP contribution in [-0.4, -0.2) is 11.0 Å². The van der Waals surface area contributed by atoms with Gasteiger partial charge >= 0.3 is 0 Å². The van der Waals surface area contributed by atoms with Crippen molar-refractivity contribution < 1.29 is 9.90 Å². The first kappa shape index (κ1) is 15.0. The lowest BCUT2D eigenvalue weighted by molar-refractivity contribution is 0.102. The van der Waals surface area contributed by atoms with Crippen molar-refractivity contribution in [3.05, 3.63) is 102 Å². The van der Waals surface area contributed by atoms with Gasteiger partial charge in [-0.05, 0) is 23.8 Å². The number of amides is 1. The van der Waals surface area contributed by atoms with Crippen LogP contribution in [0, 0.1) is 0 Å². The van der Waals surface area contributed by atoms with E-state index in [1.165, 1.54) is 0 Å². The SMILES string of the molecule is O=C(Nc1ccccc1C(O)c1ccccc1)c1ccccc1. The fourth-order valence-corrected chi connectivity index (χ4v) is 2.45. The molecule has 23 heavy (non-hydrogen) atoms. The molecular formula is C20H17NO2. The molecule has 0 spiro atoms. The minimum Gasteiger partial charge on any atom is -0.384 e. The number of benzene rings is 3. The lowest BCUT2D eigenvalue weighted by Crippen LogP contribution is -2.14. The van der Waals surface area contributed by atoms with Crippen molar-refractivity contribution in [1.29, 1.82) is 0 Å². The van der Waals surface area contributed by atoms with Gasteiger partial charge in [0.1, 0.15) is 6.10 Å². The highest BCUT2D eigenvalue weighted by molar-refractivity contribution is 6.04. The Morgan fingerprint density at radius 2 is 1.35 bits per heavy atom. The van der Waals surface area contributed by atoms with E-state index in [1.54, 1.807) is 18.2 Å². The third-order valence-electron chi connectivity index (χ3n) is 3.65. The molecule has 0 heterocycles. The Morgan fingerprint density at radius 3 is 2.04 bits per heavy atom. The molecule has 0 bridgehead atoms. The zero-order valence-corrected chi connectivity index (χ0v) is 12.5. The summed E-state index contributed by atoms with van der Waals surface area (Å²) in [5, 5.41) is 13.5. The highest BCUT2D eigenvalue weighted by atomic mass is 16.3. The fourth-order valence-electron chi connectivity index (χ4n) is 2.45. The largest absolute Gasteiger partial charge is 0.384 e. The topological polar surface area (TPSA) is 49.3 Å². The molecule has 0 aromatic heterocycles. The van der Waals surface area contributed by atoms with Crippen LogP contribution in [0.3, 0.4) is 0 Å². The molecule has 1 unspecified atom stereocenters. The van der Waals surface area contributed by atoms with Crippen LogP contribution < -0.4 is 5.32 Å². The molecule has 114 valence electrons. The van der Waals surface area contributed by atoms with Gasteiger partial charge in [-0.1, -0.05) is 66.7 Å². The van der Waals surface area contributed by atoms with Gasteiger partial charge in [0.05, 0.1) is 0 Å². The van der Waals surface area contributed by atoms with E-state index in [0.29, 0.717) is 16.8 Å². The van der Waals surface area contributed by atoms with Crippen LogP contribution in [0.4, 0.5) is 5.69 Å². The number of nitrogens with one attached hydrogen (secondary N) is 1. The van der Waals surface area contributed by atoms with Crippen LogP contribution in [-0.2, 0) is 0 Å². The second-order valence-corrected chi connectivity index (χ2v) is 5.22. The maximum Gasteiger partial charge on any atom is 0.255 e. The first-order chi connectivity index (χ1) is 11.3. The monoisotopic (exact) mass is 303 g/mol. The predicted molar refractivity (Wildman–Crippen MR) is 91.3 cm³/mol. The summed E-state index contributed by atoms with van der Waals surface area (Å²) in [7, 11) is 0. The highest BCUT2D eigenvalue weighted by Crippen LogP contribution is 2.28. The molecule has 0 saturated heterocycles. The number of para-hydroxylation sites is 1. The average Bonchev–Trinajstić information content (AvgIpc) is 2.63. The molecule has 3 nitrogen and oxygen atoms in total. The fraction of sp³-hybridized carbons (Fsp3) is 0.0500. The number of anilines is 1. The molecule has 1 amide bonds. The maximum absolute atomic E-state index is 12.3. The number of hydrogen-bond acceptors (Lipinski definition) is 2. The van der Waals surface area contributed by atoms with Gasteiger partial charge in [0.25, 0.3) is 5.91 Å². The van der Waals surface area contributed by atoms with E-state index in [2.05, 4.69) is 5.32 Å². The number of aliphatic hydroxyl groups is 1. The van der Waals surface area contributed by atoms with E-state index in [-0.39, 0.29) is 5.91 Å². The van der Waals surface area contributed by atoms with E-state index >= 15 is 0 Å². The summed E-state index contributed by atoms with van der Waals surface area (Å²) in [5.41, 5.74) is 2.64. The van der Waals surface area contributed by atoms with Crippen molar-refractivity contribution in [2.75, 3.05) is 5.32 Å². The summed E-state index contributed by atoms with van der Waals surface area (Å²) in [6.07, 6.45) is -0.788. The summed E-state index contributed by atoms with van der Waals surface area (Å²) in [5.74, 6) is -0.196. The summed E-state index contributed by atoms with van der Waals surface area (Å²) in [6, 6.07) is 25.7. The van der Waals surface area contributed by atoms with Crippen molar-refractivity contribution in [2.45, 2.75) is 6.10 Å². The Kier molecular flexibility index (Phi) is 4.50. The molecule has 0 saturated carbocycles. The van der Waals surface area contributed by atoms with Crippen LogP contribution in [0.15, 0.2) is 84.9 Å². The van der Waals surface area contributed by atoms with Crippen LogP contribution in [0.1, 0.15) is 27.6 Å². The Bertz CT molecular complexity index is 785. The van der Waals surface area contributed by atoms with Gasteiger partial charge in [-0.15, -0.1) is 0 Å². The van der Waals surface area contributed by atoms with Crippen molar-refractivity contribution >= 4 is 11.6 Å². The summed E-state index contributed by atoms with van der Waals surface area (Å²) in [6.45, 7) is 0. The smallest absolute Gasteiger partial charge is 0.255 e. The summed E-state index contributed by atoms with van der Waals surface area (Å²) in [4.78, 5) is 12.3. The minimum absolute atomic E-state index is 0.196. The Labute approximate surface area is 135 Å². The molecule has 0 radical (unpaired) electrons. The predicted octanol–water partition coefficient (Wildman–Crippen LogP) is 4.02. The highest BCUT2D eigenvalue weighted by Gasteiger charge is 2.16. The van der Waals surface area contributed by atoms with E-state index < -0.39 is 6.10 Å². The van der Waals surface area contributed by atoms with Gasteiger partial charge in [0, 0.05) is 16.8 Å². The molecule has 3 heteroatoms. The van der Waals surface area contributed by atoms with Crippen LogP contribution >= 0.6 is 0 Å². The van der Waals surface area contributed by atoms with Crippen molar-refractivity contribution in [2.24, 2.45) is 0 Å². The second-order valence-electron chi connectivity index (χ2n) is 5.22. The molecule has 3 rings (SSSR count). The number of carbonyl (C=O) groups is 1. The molecule has 1 atom stereocenters. The third kappa shape index (κ3) is 3.47. The second kappa shape index (κ2) is 6.90. The van der Waals surface area contributed by atoms with Crippen LogP contribution in [0.2, 0.25) is 0 Å². The van der Waals surface area contributed by atoms with E-state index in [4.69, 9.17) is 0 Å². The zero-order valence-electron chi connectivity index (χ0n) is 12.5. The van der Waals surface area contributed by atoms with Gasteiger partial charge in [-0.25, -0.2) is 0 Å². The number of rotatable bonds is 4. The zero-order chi connectivity index (χ0) is 16.1. The molecule has 0 aliphatic carbocycles. The van der Waals surface area contributed by atoms with Crippen LogP contribution in [0.25, 0.3) is 0 Å². The van der Waals surface area contributed by atoms with E-state index in [0.717, 1.165) is 5.56 Å². The average molecular weight is 303 g/mol. The van der Waals surface area contributed by atoms with Crippen molar-refractivity contribution in [3.63, 3.8) is 0 Å². The lowest BCUT2D eigenvalue weighted by Gasteiger charge is -2.16. The third-order valence-corrected chi connectivity index (χ3v) is 3.65. The van der Waals surface area contributed by atoms with Gasteiger partial charge in [0.15, 0.2) is 0 Å². The van der Waals surface area contributed by atoms with Gasteiger partial charge in [-0.3, -0.25) is 4.79 Å².